The lowest BCUT2D eigenvalue weighted by Gasteiger charge is -2.35. The predicted molar refractivity (Wildman–Crippen MR) is 166 cm³/mol. The molecule has 0 aliphatic carbocycles. The summed E-state index contributed by atoms with van der Waals surface area (Å²) < 4.78 is 23.2. The van der Waals surface area contributed by atoms with Crippen LogP contribution in [0, 0.1) is 6.92 Å². The van der Waals surface area contributed by atoms with Gasteiger partial charge in [-0.05, 0) is 49.9 Å². The zero-order chi connectivity index (χ0) is 30.1. The summed E-state index contributed by atoms with van der Waals surface area (Å²) >= 11 is 0. The van der Waals surface area contributed by atoms with Crippen LogP contribution in [0.5, 0.6) is 17.2 Å². The fourth-order valence-corrected chi connectivity index (χ4v) is 5.08. The second-order valence-electron chi connectivity index (χ2n) is 11.5. The number of nitrogens with one attached hydrogen (secondary N) is 1. The van der Waals surface area contributed by atoms with Gasteiger partial charge in [0.25, 0.3) is 0 Å². The van der Waals surface area contributed by atoms with Gasteiger partial charge in [-0.15, -0.1) is 0 Å². The van der Waals surface area contributed by atoms with E-state index in [0.717, 1.165) is 48.8 Å². The number of benzene rings is 3. The van der Waals surface area contributed by atoms with Crippen molar-refractivity contribution in [1.82, 2.24) is 15.1 Å². The van der Waals surface area contributed by atoms with Crippen molar-refractivity contribution in [2.24, 2.45) is 0 Å². The van der Waals surface area contributed by atoms with E-state index in [1.807, 2.05) is 39.0 Å². The molecule has 1 aliphatic heterocycles. The van der Waals surface area contributed by atoms with E-state index in [1.165, 1.54) is 16.7 Å². The summed E-state index contributed by atoms with van der Waals surface area (Å²) in [5, 5.41) is 3.52. The second kappa shape index (κ2) is 14.4. The highest BCUT2D eigenvalue weighted by Gasteiger charge is 2.25. The maximum absolute atomic E-state index is 12.3. The zero-order valence-corrected chi connectivity index (χ0v) is 25.9. The van der Waals surface area contributed by atoms with Crippen molar-refractivity contribution in [2.75, 3.05) is 53.5 Å². The molecule has 3 aromatic rings. The van der Waals surface area contributed by atoms with Crippen LogP contribution in [-0.4, -0.2) is 75.0 Å². The summed E-state index contributed by atoms with van der Waals surface area (Å²) in [5.41, 5.74) is 5.21. The minimum atomic E-state index is -0.474. The van der Waals surface area contributed by atoms with Gasteiger partial charge in [0, 0.05) is 57.9 Å². The van der Waals surface area contributed by atoms with Crippen molar-refractivity contribution in [1.29, 1.82) is 0 Å². The predicted octanol–water partition coefficient (Wildman–Crippen LogP) is 5.90. The largest absolute Gasteiger partial charge is 0.496 e. The lowest BCUT2D eigenvalue weighted by molar-refractivity contribution is 0.0146. The van der Waals surface area contributed by atoms with Gasteiger partial charge in [0.1, 0.15) is 29.5 Å². The molecule has 1 heterocycles. The van der Waals surface area contributed by atoms with Crippen LogP contribution in [0.4, 0.5) is 4.79 Å². The zero-order valence-electron chi connectivity index (χ0n) is 25.9. The molecule has 8 nitrogen and oxygen atoms in total. The lowest BCUT2D eigenvalue weighted by atomic mass is 9.97. The van der Waals surface area contributed by atoms with Crippen LogP contribution in [0.15, 0.2) is 60.7 Å². The van der Waals surface area contributed by atoms with Crippen LogP contribution in [0.25, 0.3) is 11.1 Å². The number of rotatable bonds is 11. The Morgan fingerprint density at radius 3 is 2.19 bits per heavy atom. The van der Waals surface area contributed by atoms with Crippen molar-refractivity contribution >= 4 is 6.09 Å². The van der Waals surface area contributed by atoms with Gasteiger partial charge in [-0.1, -0.05) is 48.5 Å². The van der Waals surface area contributed by atoms with E-state index in [9.17, 15) is 4.79 Å². The van der Waals surface area contributed by atoms with Crippen LogP contribution >= 0.6 is 0 Å². The molecule has 1 amide bonds. The number of carbonyl (C=O) groups is 1. The van der Waals surface area contributed by atoms with Crippen LogP contribution < -0.4 is 19.5 Å². The van der Waals surface area contributed by atoms with Gasteiger partial charge in [0.15, 0.2) is 0 Å². The Balaban J connectivity index is 1.30. The molecule has 1 fully saturated rings. The Morgan fingerprint density at radius 2 is 1.57 bits per heavy atom. The Kier molecular flexibility index (Phi) is 10.7. The third kappa shape index (κ3) is 8.39. The summed E-state index contributed by atoms with van der Waals surface area (Å²) in [6.45, 7) is 13.5. The minimum absolute atomic E-state index is 0.234. The minimum Gasteiger partial charge on any atom is -0.496 e. The van der Waals surface area contributed by atoms with Crippen molar-refractivity contribution in [3.05, 3.63) is 77.4 Å². The van der Waals surface area contributed by atoms with Gasteiger partial charge < -0.3 is 29.2 Å². The fourth-order valence-electron chi connectivity index (χ4n) is 5.08. The number of ether oxygens (including phenoxy) is 4. The van der Waals surface area contributed by atoms with Crippen molar-refractivity contribution in [2.45, 2.75) is 46.4 Å². The number of piperazine rings is 1. The van der Waals surface area contributed by atoms with Gasteiger partial charge in [0.05, 0.1) is 19.8 Å². The summed E-state index contributed by atoms with van der Waals surface area (Å²) in [7, 11) is 3.33. The Hall–Kier alpha value is -3.75. The van der Waals surface area contributed by atoms with E-state index in [1.54, 1.807) is 19.1 Å². The van der Waals surface area contributed by atoms with Crippen LogP contribution in [0.2, 0.25) is 0 Å². The molecule has 0 atom stereocenters. The van der Waals surface area contributed by atoms with Gasteiger partial charge >= 0.3 is 6.09 Å². The van der Waals surface area contributed by atoms with E-state index in [-0.39, 0.29) is 6.09 Å². The van der Waals surface area contributed by atoms with E-state index in [4.69, 9.17) is 18.9 Å². The number of carbonyl (C=O) groups excluding carboxylic acids is 1. The number of hydrogen-bond donors (Lipinski definition) is 1. The first kappa shape index (κ1) is 31.2. The standard InChI is InChI=1S/C34H45N3O5/c1-25-27(13-10-14-29(25)26-11-8-7-9-12-26)24-41-28-21-31(39-5)30(32(22-28)40-6)23-35-15-16-36-17-19-37(20-18-36)33(38)42-34(2,3)4/h7-14,21-22,35H,15-20,23-24H2,1-6H3. The molecule has 1 saturated heterocycles. The maximum atomic E-state index is 12.3. The van der Waals surface area contributed by atoms with Gasteiger partial charge in [0.2, 0.25) is 0 Å². The van der Waals surface area contributed by atoms with Crippen molar-refractivity contribution in [3.63, 3.8) is 0 Å². The quantitative estimate of drug-likeness (QED) is 0.286. The molecule has 8 heteroatoms. The van der Waals surface area contributed by atoms with Gasteiger partial charge in [-0.2, -0.15) is 0 Å². The molecule has 0 unspecified atom stereocenters. The monoisotopic (exact) mass is 575 g/mol. The highest BCUT2D eigenvalue weighted by molar-refractivity contribution is 5.69. The van der Waals surface area contributed by atoms with Crippen LogP contribution in [0.1, 0.15) is 37.5 Å². The number of amides is 1. The Labute approximate surface area is 250 Å². The number of methoxy groups -OCH3 is 2. The highest BCUT2D eigenvalue weighted by atomic mass is 16.6. The lowest BCUT2D eigenvalue weighted by Crippen LogP contribution is -2.51. The topological polar surface area (TPSA) is 72.5 Å². The van der Waals surface area contributed by atoms with Gasteiger partial charge in [-0.3, -0.25) is 4.90 Å². The van der Waals surface area contributed by atoms with E-state index in [0.29, 0.717) is 32.0 Å². The molecule has 0 saturated carbocycles. The molecule has 0 bridgehead atoms. The molecule has 3 aromatic carbocycles. The van der Waals surface area contributed by atoms with Crippen molar-refractivity contribution < 1.29 is 23.7 Å². The average molecular weight is 576 g/mol. The highest BCUT2D eigenvalue weighted by Crippen LogP contribution is 2.35. The number of hydrogen-bond acceptors (Lipinski definition) is 7. The smallest absolute Gasteiger partial charge is 0.410 e. The van der Waals surface area contributed by atoms with Crippen LogP contribution in [0.3, 0.4) is 0 Å². The van der Waals surface area contributed by atoms with E-state index < -0.39 is 5.60 Å². The van der Waals surface area contributed by atoms with E-state index in [2.05, 4.69) is 59.6 Å². The molecule has 42 heavy (non-hydrogen) atoms. The SMILES string of the molecule is COc1cc(OCc2cccc(-c3ccccc3)c2C)cc(OC)c1CNCCN1CCN(C(=O)OC(C)(C)C)CC1. The molecule has 226 valence electrons. The third-order valence-corrected chi connectivity index (χ3v) is 7.44. The molecule has 4 rings (SSSR count). The first-order valence-electron chi connectivity index (χ1n) is 14.6. The summed E-state index contributed by atoms with van der Waals surface area (Å²) in [6, 6.07) is 20.6. The molecular weight excluding hydrogens is 530 g/mol. The summed E-state index contributed by atoms with van der Waals surface area (Å²) in [4.78, 5) is 16.5. The molecule has 1 aliphatic rings. The molecule has 0 spiro atoms. The van der Waals surface area contributed by atoms with Crippen molar-refractivity contribution in [3.8, 4) is 28.4 Å². The average Bonchev–Trinajstić information content (AvgIpc) is 2.98. The molecule has 0 radical (unpaired) electrons. The first-order valence-corrected chi connectivity index (χ1v) is 14.6. The van der Waals surface area contributed by atoms with Crippen LogP contribution in [-0.2, 0) is 17.9 Å². The number of nitrogens with zero attached hydrogens (tertiary/aromatic N) is 2. The normalized spacial score (nSPS) is 14.0. The Morgan fingerprint density at radius 1 is 0.905 bits per heavy atom. The Bertz CT molecular complexity index is 1290. The second-order valence-corrected chi connectivity index (χ2v) is 11.5. The van der Waals surface area contributed by atoms with E-state index >= 15 is 0 Å². The first-order chi connectivity index (χ1) is 20.2. The fraction of sp³-hybridized carbons (Fsp3) is 0.441. The maximum Gasteiger partial charge on any atom is 0.410 e. The third-order valence-electron chi connectivity index (χ3n) is 7.44. The molecule has 0 aromatic heterocycles. The molecular formula is C34H45N3O5. The molecule has 1 N–H and O–H groups in total. The van der Waals surface area contributed by atoms with Gasteiger partial charge in [-0.25, -0.2) is 4.79 Å². The summed E-state index contributed by atoms with van der Waals surface area (Å²) in [6.07, 6.45) is -0.234. The summed E-state index contributed by atoms with van der Waals surface area (Å²) in [5.74, 6) is 2.13.